The fourth-order valence-corrected chi connectivity index (χ4v) is 6.55. The molecular formula is C43H49F3N6O4. The average Bonchev–Trinajstić information content (AvgIpc) is 3.20. The number of nitrogens with zero attached hydrogens (tertiary/aromatic N) is 6. The number of piperazine rings is 1. The summed E-state index contributed by atoms with van der Waals surface area (Å²) in [6, 6.07) is 24.7. The minimum Gasteiger partial charge on any atom is -0.481 e. The van der Waals surface area contributed by atoms with E-state index in [1.807, 2.05) is 72.6 Å². The third-order valence-electron chi connectivity index (χ3n) is 9.90. The van der Waals surface area contributed by atoms with Gasteiger partial charge in [0.1, 0.15) is 6.04 Å². The third-order valence-corrected chi connectivity index (χ3v) is 9.90. The van der Waals surface area contributed by atoms with Gasteiger partial charge in [-0.2, -0.15) is 13.2 Å². The van der Waals surface area contributed by atoms with Gasteiger partial charge in [-0.25, -0.2) is 4.98 Å². The number of halogens is 3. The van der Waals surface area contributed by atoms with Crippen molar-refractivity contribution in [1.82, 2.24) is 24.6 Å². The van der Waals surface area contributed by atoms with Crippen molar-refractivity contribution in [3.8, 4) is 5.88 Å². The Hall–Kier alpha value is -5.69. The van der Waals surface area contributed by atoms with Crippen LogP contribution in [0.3, 0.4) is 0 Å². The van der Waals surface area contributed by atoms with Crippen LogP contribution in [0.4, 0.5) is 18.9 Å². The fourth-order valence-electron chi connectivity index (χ4n) is 6.55. The van der Waals surface area contributed by atoms with Gasteiger partial charge >= 0.3 is 6.18 Å². The number of methoxy groups -OCH3 is 1. The summed E-state index contributed by atoms with van der Waals surface area (Å²) in [6.45, 7) is 5.89. The second-order valence-corrected chi connectivity index (χ2v) is 14.0. The minimum atomic E-state index is -4.48. The van der Waals surface area contributed by atoms with Crippen LogP contribution in [0.15, 0.2) is 103 Å². The lowest BCUT2D eigenvalue weighted by atomic mass is 10.0. The van der Waals surface area contributed by atoms with Crippen molar-refractivity contribution in [2.75, 3.05) is 65.4 Å². The zero-order valence-corrected chi connectivity index (χ0v) is 32.3. The molecule has 296 valence electrons. The Morgan fingerprint density at radius 1 is 0.821 bits per heavy atom. The van der Waals surface area contributed by atoms with Crippen LogP contribution in [0, 0.1) is 0 Å². The maximum Gasteiger partial charge on any atom is 0.416 e. The Labute approximate surface area is 326 Å². The molecule has 56 heavy (non-hydrogen) atoms. The number of carbonyl (C=O) groups is 3. The number of pyridine rings is 1. The Bertz CT molecular complexity index is 1910. The van der Waals surface area contributed by atoms with E-state index in [4.69, 9.17) is 4.74 Å². The second-order valence-electron chi connectivity index (χ2n) is 14.0. The fraction of sp³-hybridized carbons (Fsp3) is 0.349. The van der Waals surface area contributed by atoms with Crippen LogP contribution in [0.25, 0.3) is 6.08 Å². The molecule has 1 aliphatic heterocycles. The van der Waals surface area contributed by atoms with E-state index in [0.717, 1.165) is 34.5 Å². The second kappa shape index (κ2) is 19.3. The molecule has 0 aliphatic carbocycles. The first-order chi connectivity index (χ1) is 26.8. The Morgan fingerprint density at radius 2 is 1.48 bits per heavy atom. The highest BCUT2D eigenvalue weighted by molar-refractivity contribution is 5.95. The van der Waals surface area contributed by atoms with Gasteiger partial charge in [0.2, 0.25) is 23.6 Å². The minimum absolute atomic E-state index is 0.0560. The Balaban J connectivity index is 1.39. The normalized spacial score (nSPS) is 13.9. The summed E-state index contributed by atoms with van der Waals surface area (Å²) in [5.41, 5.74) is 3.28. The van der Waals surface area contributed by atoms with Gasteiger partial charge in [0.15, 0.2) is 0 Å². The predicted molar refractivity (Wildman–Crippen MR) is 211 cm³/mol. The maximum atomic E-state index is 14.5. The van der Waals surface area contributed by atoms with E-state index in [1.54, 1.807) is 43.1 Å². The molecular weight excluding hydrogens is 722 g/mol. The number of ether oxygens (including phenoxy) is 1. The van der Waals surface area contributed by atoms with E-state index in [1.165, 1.54) is 24.3 Å². The number of benzene rings is 3. The SMILES string of the molecule is COc1ccc(CN(C)CCN(C)C(=O)[C@H](Cc2ccccc2)N(Cc2ccc(N3CCN(C(C)=O)CC3)cc2)C(=O)C=Cc2ccc(C(F)(F)F)cc2)cn1. The molecule has 0 radical (unpaired) electrons. The van der Waals surface area contributed by atoms with Crippen LogP contribution in [-0.2, 0) is 40.1 Å². The van der Waals surface area contributed by atoms with Gasteiger partial charge in [-0.1, -0.05) is 60.7 Å². The third kappa shape index (κ3) is 11.7. The van der Waals surface area contributed by atoms with Crippen LogP contribution >= 0.6 is 0 Å². The number of likely N-dealkylation sites (N-methyl/N-ethyl adjacent to an activating group) is 2. The summed E-state index contributed by atoms with van der Waals surface area (Å²) >= 11 is 0. The van der Waals surface area contributed by atoms with Gasteiger partial charge in [-0.3, -0.25) is 14.4 Å². The molecule has 1 aliphatic rings. The number of hydrogen-bond acceptors (Lipinski definition) is 7. The summed E-state index contributed by atoms with van der Waals surface area (Å²) in [6.07, 6.45) is 0.300. The molecule has 3 amide bonds. The molecule has 1 aromatic heterocycles. The standard InChI is InChI=1S/C43H49F3N6O4/c1-32(53)50-24-26-51(27-25-50)38-18-12-35(13-19-38)31-52(41(54)21-15-33-10-16-37(17-11-33)43(44,45)46)39(28-34-8-6-5-7-9-34)42(55)49(3)23-22-48(2)30-36-14-20-40(56-4)47-29-36/h5-21,29,39H,22-28,30-31H2,1-4H3/t39-/m0/s1. The van der Waals surface area contributed by atoms with Gasteiger partial charge in [-0.15, -0.1) is 0 Å². The van der Waals surface area contributed by atoms with E-state index < -0.39 is 23.7 Å². The van der Waals surface area contributed by atoms with Crippen LogP contribution in [-0.4, -0.2) is 109 Å². The smallest absolute Gasteiger partial charge is 0.416 e. The molecule has 1 atom stereocenters. The van der Waals surface area contributed by atoms with Gasteiger partial charge < -0.3 is 29.2 Å². The summed E-state index contributed by atoms with van der Waals surface area (Å²) in [7, 11) is 5.25. The highest BCUT2D eigenvalue weighted by Gasteiger charge is 2.32. The first-order valence-electron chi connectivity index (χ1n) is 18.5. The highest BCUT2D eigenvalue weighted by atomic mass is 19.4. The molecule has 0 saturated carbocycles. The molecule has 5 rings (SSSR count). The molecule has 3 aromatic carbocycles. The van der Waals surface area contributed by atoms with Crippen LogP contribution < -0.4 is 9.64 Å². The number of aromatic nitrogens is 1. The van der Waals surface area contributed by atoms with Crippen molar-refractivity contribution in [1.29, 1.82) is 0 Å². The number of rotatable bonds is 15. The number of anilines is 1. The monoisotopic (exact) mass is 770 g/mol. The van der Waals surface area contributed by atoms with Gasteiger partial charge in [0, 0.05) is 96.8 Å². The predicted octanol–water partition coefficient (Wildman–Crippen LogP) is 6.02. The highest BCUT2D eigenvalue weighted by Crippen LogP contribution is 2.29. The molecule has 0 bridgehead atoms. The lowest BCUT2D eigenvalue weighted by molar-refractivity contribution is -0.143. The van der Waals surface area contributed by atoms with E-state index in [-0.39, 0.29) is 24.8 Å². The molecule has 0 spiro atoms. The molecule has 1 saturated heterocycles. The van der Waals surface area contributed by atoms with E-state index in [0.29, 0.717) is 57.3 Å². The number of amides is 3. The van der Waals surface area contributed by atoms with Crippen molar-refractivity contribution in [2.24, 2.45) is 0 Å². The number of hydrogen-bond donors (Lipinski definition) is 0. The molecule has 10 nitrogen and oxygen atoms in total. The molecule has 0 N–H and O–H groups in total. The zero-order chi connectivity index (χ0) is 40.2. The Morgan fingerprint density at radius 3 is 2.07 bits per heavy atom. The molecule has 2 heterocycles. The van der Waals surface area contributed by atoms with E-state index >= 15 is 0 Å². The summed E-state index contributed by atoms with van der Waals surface area (Å²) in [4.78, 5) is 54.1. The molecule has 4 aromatic rings. The lowest BCUT2D eigenvalue weighted by Crippen LogP contribution is -2.51. The molecule has 0 unspecified atom stereocenters. The van der Waals surface area contributed by atoms with Crippen molar-refractivity contribution >= 4 is 29.5 Å². The first-order valence-corrected chi connectivity index (χ1v) is 18.5. The average molecular weight is 771 g/mol. The summed E-state index contributed by atoms with van der Waals surface area (Å²) < 4.78 is 44.8. The molecule has 1 fully saturated rings. The van der Waals surface area contributed by atoms with Crippen LogP contribution in [0.2, 0.25) is 0 Å². The first kappa shape index (κ1) is 41.5. The number of alkyl halides is 3. The number of carbonyl (C=O) groups excluding carboxylic acids is 3. The largest absolute Gasteiger partial charge is 0.481 e. The van der Waals surface area contributed by atoms with E-state index in [9.17, 15) is 27.6 Å². The van der Waals surface area contributed by atoms with Crippen molar-refractivity contribution in [3.63, 3.8) is 0 Å². The van der Waals surface area contributed by atoms with Crippen molar-refractivity contribution in [2.45, 2.75) is 38.7 Å². The Kier molecular flexibility index (Phi) is 14.3. The van der Waals surface area contributed by atoms with Gasteiger partial charge in [0.05, 0.1) is 12.7 Å². The zero-order valence-electron chi connectivity index (χ0n) is 32.3. The summed E-state index contributed by atoms with van der Waals surface area (Å²) in [5.74, 6) is -0.120. The quantitative estimate of drug-likeness (QED) is 0.137. The van der Waals surface area contributed by atoms with Crippen molar-refractivity contribution in [3.05, 3.63) is 131 Å². The van der Waals surface area contributed by atoms with Gasteiger partial charge in [0.25, 0.3) is 0 Å². The topological polar surface area (TPSA) is 89.5 Å². The van der Waals surface area contributed by atoms with Gasteiger partial charge in [-0.05, 0) is 59.6 Å². The lowest BCUT2D eigenvalue weighted by Gasteiger charge is -2.36. The molecule has 13 heteroatoms. The maximum absolute atomic E-state index is 14.5. The van der Waals surface area contributed by atoms with Crippen molar-refractivity contribution < 1.29 is 32.3 Å². The van der Waals surface area contributed by atoms with Crippen LogP contribution in [0.5, 0.6) is 5.88 Å². The van der Waals surface area contributed by atoms with E-state index in [2.05, 4.69) is 14.8 Å². The summed E-state index contributed by atoms with van der Waals surface area (Å²) in [5, 5.41) is 0. The van der Waals surface area contributed by atoms with Crippen LogP contribution in [0.1, 0.15) is 34.7 Å².